The Balaban J connectivity index is 2.49. The Labute approximate surface area is 120 Å². The molecule has 106 valence electrons. The molecule has 20 heavy (non-hydrogen) atoms. The molecule has 0 aliphatic carbocycles. The van der Waals surface area contributed by atoms with Crippen LogP contribution in [0, 0.1) is 13.8 Å². The summed E-state index contributed by atoms with van der Waals surface area (Å²) in [4.78, 5) is 0.318. The normalized spacial score (nSPS) is 11.5. The van der Waals surface area contributed by atoms with Gasteiger partial charge in [-0.15, -0.1) is 6.58 Å². The van der Waals surface area contributed by atoms with Crippen LogP contribution < -0.4 is 0 Å². The van der Waals surface area contributed by atoms with E-state index in [1.807, 2.05) is 32.0 Å². The molecule has 0 aliphatic rings. The maximum Gasteiger partial charge on any atom is 0.267 e. The fourth-order valence-electron chi connectivity index (χ4n) is 2.13. The van der Waals surface area contributed by atoms with E-state index >= 15 is 0 Å². The van der Waals surface area contributed by atoms with Gasteiger partial charge in [0.25, 0.3) is 10.0 Å². The number of rotatable bonds is 5. The Morgan fingerprint density at radius 1 is 1.15 bits per heavy atom. The number of allylic oxidation sites excluding steroid dienone is 1. The standard InChI is InChI=1S/C16H19NO2S/c1-4-5-6-16-14(3)11-12-17(16)20(18,19)15-9-7-13(2)8-10-15/h4,7-12H,1,5-6H2,2-3H3. The Bertz CT molecular complexity index is 709. The van der Waals surface area contributed by atoms with Crippen LogP contribution >= 0.6 is 0 Å². The molecule has 0 unspecified atom stereocenters. The molecule has 0 amide bonds. The van der Waals surface area contributed by atoms with Crippen LogP contribution in [0.15, 0.2) is 54.1 Å². The van der Waals surface area contributed by atoms with E-state index in [4.69, 9.17) is 0 Å². The van der Waals surface area contributed by atoms with Gasteiger partial charge in [0.15, 0.2) is 0 Å². The molecule has 0 fully saturated rings. The van der Waals surface area contributed by atoms with E-state index in [1.165, 1.54) is 3.97 Å². The summed E-state index contributed by atoms with van der Waals surface area (Å²) in [6, 6.07) is 8.76. The SMILES string of the molecule is C=CCCc1c(C)ccn1S(=O)(=O)c1ccc(C)cc1. The van der Waals surface area contributed by atoms with Crippen molar-refractivity contribution in [2.75, 3.05) is 0 Å². The van der Waals surface area contributed by atoms with E-state index < -0.39 is 10.0 Å². The first-order chi connectivity index (χ1) is 9.46. The lowest BCUT2D eigenvalue weighted by Gasteiger charge is -2.11. The zero-order valence-corrected chi connectivity index (χ0v) is 12.7. The predicted molar refractivity (Wildman–Crippen MR) is 81.4 cm³/mol. The number of aryl methyl sites for hydroxylation is 2. The van der Waals surface area contributed by atoms with Gasteiger partial charge in [-0.2, -0.15) is 0 Å². The van der Waals surface area contributed by atoms with Crippen molar-refractivity contribution in [2.24, 2.45) is 0 Å². The largest absolute Gasteiger partial charge is 0.267 e. The van der Waals surface area contributed by atoms with Gasteiger partial charge in [-0.25, -0.2) is 12.4 Å². The Morgan fingerprint density at radius 2 is 1.80 bits per heavy atom. The Kier molecular flexibility index (Phi) is 4.14. The maximum atomic E-state index is 12.7. The minimum absolute atomic E-state index is 0.318. The van der Waals surface area contributed by atoms with Crippen molar-refractivity contribution in [1.82, 2.24) is 3.97 Å². The molecule has 0 aliphatic heterocycles. The lowest BCUT2D eigenvalue weighted by molar-refractivity contribution is 0.585. The van der Waals surface area contributed by atoms with Gasteiger partial charge < -0.3 is 0 Å². The van der Waals surface area contributed by atoms with Crippen LogP contribution in [-0.4, -0.2) is 12.4 Å². The van der Waals surface area contributed by atoms with E-state index in [2.05, 4.69) is 6.58 Å². The molecule has 2 rings (SSSR count). The summed E-state index contributed by atoms with van der Waals surface area (Å²) in [7, 11) is -3.51. The third kappa shape index (κ3) is 2.70. The van der Waals surface area contributed by atoms with Gasteiger partial charge in [0.1, 0.15) is 0 Å². The molecule has 0 radical (unpaired) electrons. The highest BCUT2D eigenvalue weighted by atomic mass is 32.2. The van der Waals surface area contributed by atoms with Crippen LogP contribution in [0.2, 0.25) is 0 Å². The van der Waals surface area contributed by atoms with Crippen molar-refractivity contribution in [2.45, 2.75) is 31.6 Å². The van der Waals surface area contributed by atoms with Gasteiger partial charge >= 0.3 is 0 Å². The van der Waals surface area contributed by atoms with E-state index in [0.717, 1.165) is 23.2 Å². The summed E-state index contributed by atoms with van der Waals surface area (Å²) < 4.78 is 26.7. The van der Waals surface area contributed by atoms with Crippen LogP contribution in [0.3, 0.4) is 0 Å². The second-order valence-electron chi connectivity index (χ2n) is 4.89. The highest BCUT2D eigenvalue weighted by Crippen LogP contribution is 2.21. The molecular formula is C16H19NO2S. The lowest BCUT2D eigenvalue weighted by Crippen LogP contribution is -2.15. The number of hydrogen-bond acceptors (Lipinski definition) is 2. The predicted octanol–water partition coefficient (Wildman–Crippen LogP) is 3.46. The minimum Gasteiger partial charge on any atom is -0.246 e. The molecule has 0 saturated heterocycles. The molecule has 0 bridgehead atoms. The van der Waals surface area contributed by atoms with Crippen LogP contribution in [-0.2, 0) is 16.4 Å². The van der Waals surface area contributed by atoms with E-state index in [9.17, 15) is 8.42 Å². The van der Waals surface area contributed by atoms with E-state index in [1.54, 1.807) is 24.4 Å². The molecule has 1 aromatic carbocycles. The first-order valence-electron chi connectivity index (χ1n) is 6.57. The summed E-state index contributed by atoms with van der Waals surface area (Å²) in [6.07, 6.45) is 4.86. The summed E-state index contributed by atoms with van der Waals surface area (Å²) in [6.45, 7) is 7.56. The fraction of sp³-hybridized carbons (Fsp3) is 0.250. The van der Waals surface area contributed by atoms with Crippen LogP contribution in [0.4, 0.5) is 0 Å². The van der Waals surface area contributed by atoms with Crippen LogP contribution in [0.5, 0.6) is 0 Å². The summed E-state index contributed by atoms with van der Waals surface area (Å²) >= 11 is 0. The highest BCUT2D eigenvalue weighted by Gasteiger charge is 2.20. The molecule has 4 heteroatoms. The van der Waals surface area contributed by atoms with Gasteiger partial charge in [-0.3, -0.25) is 0 Å². The monoisotopic (exact) mass is 289 g/mol. The molecule has 1 aromatic heterocycles. The van der Waals surface area contributed by atoms with Gasteiger partial charge in [-0.1, -0.05) is 23.8 Å². The third-order valence-electron chi connectivity index (χ3n) is 3.34. The number of nitrogens with zero attached hydrogens (tertiary/aromatic N) is 1. The Morgan fingerprint density at radius 3 is 2.40 bits per heavy atom. The average molecular weight is 289 g/mol. The fourth-order valence-corrected chi connectivity index (χ4v) is 3.59. The molecule has 2 aromatic rings. The van der Waals surface area contributed by atoms with Crippen molar-refractivity contribution in [3.63, 3.8) is 0 Å². The van der Waals surface area contributed by atoms with Crippen molar-refractivity contribution in [3.8, 4) is 0 Å². The quantitative estimate of drug-likeness (QED) is 0.791. The smallest absolute Gasteiger partial charge is 0.246 e. The zero-order valence-electron chi connectivity index (χ0n) is 11.8. The summed E-state index contributed by atoms with van der Waals surface area (Å²) in [5.41, 5.74) is 2.85. The molecule has 1 heterocycles. The number of hydrogen-bond donors (Lipinski definition) is 0. The molecule has 3 nitrogen and oxygen atoms in total. The second-order valence-corrected chi connectivity index (χ2v) is 6.70. The summed E-state index contributed by atoms with van der Waals surface area (Å²) in [5.74, 6) is 0. The van der Waals surface area contributed by atoms with Crippen molar-refractivity contribution >= 4 is 10.0 Å². The van der Waals surface area contributed by atoms with Crippen LogP contribution in [0.1, 0.15) is 23.2 Å². The topological polar surface area (TPSA) is 39.1 Å². The first kappa shape index (κ1) is 14.6. The first-order valence-corrected chi connectivity index (χ1v) is 8.01. The van der Waals surface area contributed by atoms with Crippen molar-refractivity contribution < 1.29 is 8.42 Å². The molecule has 0 N–H and O–H groups in total. The number of aromatic nitrogens is 1. The van der Waals surface area contributed by atoms with Gasteiger partial charge in [-0.05, 0) is 50.5 Å². The molecule has 0 spiro atoms. The van der Waals surface area contributed by atoms with Gasteiger partial charge in [0, 0.05) is 11.9 Å². The van der Waals surface area contributed by atoms with Gasteiger partial charge in [0.2, 0.25) is 0 Å². The average Bonchev–Trinajstić information content (AvgIpc) is 2.79. The minimum atomic E-state index is -3.51. The third-order valence-corrected chi connectivity index (χ3v) is 5.07. The molecule has 0 atom stereocenters. The molecule has 0 saturated carbocycles. The van der Waals surface area contributed by atoms with Gasteiger partial charge in [0.05, 0.1) is 4.90 Å². The number of benzene rings is 1. The van der Waals surface area contributed by atoms with E-state index in [-0.39, 0.29) is 0 Å². The lowest BCUT2D eigenvalue weighted by atomic mass is 10.2. The maximum absolute atomic E-state index is 12.7. The van der Waals surface area contributed by atoms with Crippen molar-refractivity contribution in [3.05, 3.63) is 66.0 Å². The van der Waals surface area contributed by atoms with Crippen LogP contribution in [0.25, 0.3) is 0 Å². The Hall–Kier alpha value is -1.81. The summed E-state index contributed by atoms with van der Waals surface area (Å²) in [5, 5.41) is 0. The van der Waals surface area contributed by atoms with E-state index in [0.29, 0.717) is 11.3 Å². The zero-order chi connectivity index (χ0) is 14.8. The second kappa shape index (κ2) is 5.67. The highest BCUT2D eigenvalue weighted by molar-refractivity contribution is 7.90. The van der Waals surface area contributed by atoms with Crippen molar-refractivity contribution in [1.29, 1.82) is 0 Å². The molecular weight excluding hydrogens is 270 g/mol.